The molecule has 1 atom stereocenters. The first-order valence-corrected chi connectivity index (χ1v) is 7.26. The molecular formula is C15H19F3N4O2. The smallest absolute Gasteiger partial charge is 0.416 e. The highest BCUT2D eigenvalue weighted by Crippen LogP contribution is 2.30. The predicted octanol–water partition coefficient (Wildman–Crippen LogP) is 1.71. The Labute approximate surface area is 137 Å². The van der Waals surface area contributed by atoms with Gasteiger partial charge in [-0.25, -0.2) is 0 Å². The summed E-state index contributed by atoms with van der Waals surface area (Å²) in [4.78, 5) is 1.87. The summed E-state index contributed by atoms with van der Waals surface area (Å²) in [7, 11) is 3.61. The maximum atomic E-state index is 12.5. The van der Waals surface area contributed by atoms with E-state index in [1.54, 1.807) is 17.9 Å². The van der Waals surface area contributed by atoms with Crippen LogP contribution in [0.15, 0.2) is 30.5 Å². The van der Waals surface area contributed by atoms with Gasteiger partial charge in [-0.2, -0.15) is 13.2 Å². The van der Waals surface area contributed by atoms with Crippen LogP contribution in [-0.2, 0) is 19.8 Å². The van der Waals surface area contributed by atoms with Gasteiger partial charge in [0, 0.05) is 20.1 Å². The molecule has 0 fully saturated rings. The normalized spacial score (nSPS) is 13.3. The van der Waals surface area contributed by atoms with Crippen molar-refractivity contribution in [1.82, 2.24) is 19.9 Å². The van der Waals surface area contributed by atoms with E-state index in [0.717, 1.165) is 17.8 Å². The summed E-state index contributed by atoms with van der Waals surface area (Å²) in [6.07, 6.45) is -3.51. The summed E-state index contributed by atoms with van der Waals surface area (Å²) in [5, 5.41) is 17.6. The molecule has 0 amide bonds. The van der Waals surface area contributed by atoms with E-state index in [4.69, 9.17) is 4.74 Å². The number of aliphatic hydroxyl groups is 1. The van der Waals surface area contributed by atoms with Crippen LogP contribution in [0.4, 0.5) is 13.2 Å². The van der Waals surface area contributed by atoms with E-state index >= 15 is 0 Å². The van der Waals surface area contributed by atoms with E-state index in [-0.39, 0.29) is 12.4 Å². The van der Waals surface area contributed by atoms with Crippen LogP contribution in [0.5, 0.6) is 5.75 Å². The minimum Gasteiger partial charge on any atom is -0.491 e. The Bertz CT molecular complexity index is 643. The molecule has 0 spiro atoms. The zero-order chi connectivity index (χ0) is 17.7. The monoisotopic (exact) mass is 344 g/mol. The van der Waals surface area contributed by atoms with Crippen molar-refractivity contribution in [1.29, 1.82) is 0 Å². The van der Waals surface area contributed by atoms with Crippen LogP contribution in [0.1, 0.15) is 11.3 Å². The number of alkyl halides is 3. The number of likely N-dealkylation sites (N-methyl/N-ethyl adjacent to an activating group) is 1. The molecule has 0 aliphatic heterocycles. The molecular weight excluding hydrogens is 325 g/mol. The third-order valence-corrected chi connectivity index (χ3v) is 3.39. The summed E-state index contributed by atoms with van der Waals surface area (Å²) in [6.45, 7) is 0.881. The molecule has 0 bridgehead atoms. The van der Waals surface area contributed by atoms with E-state index in [1.165, 1.54) is 12.1 Å². The number of nitrogens with zero attached hydrogens (tertiary/aromatic N) is 4. The van der Waals surface area contributed by atoms with Crippen molar-refractivity contribution >= 4 is 0 Å². The second-order valence-corrected chi connectivity index (χ2v) is 5.53. The molecule has 1 aromatic heterocycles. The number of aryl methyl sites for hydroxylation is 1. The zero-order valence-electron chi connectivity index (χ0n) is 13.4. The van der Waals surface area contributed by atoms with Crippen LogP contribution < -0.4 is 4.74 Å². The molecule has 0 aliphatic rings. The lowest BCUT2D eigenvalue weighted by molar-refractivity contribution is -0.137. The molecule has 24 heavy (non-hydrogen) atoms. The fourth-order valence-electron chi connectivity index (χ4n) is 2.14. The molecule has 1 aromatic carbocycles. The van der Waals surface area contributed by atoms with Gasteiger partial charge in [-0.05, 0) is 31.3 Å². The Morgan fingerprint density at radius 2 is 1.96 bits per heavy atom. The largest absolute Gasteiger partial charge is 0.491 e. The van der Waals surface area contributed by atoms with Gasteiger partial charge in [0.1, 0.15) is 18.5 Å². The van der Waals surface area contributed by atoms with Crippen molar-refractivity contribution in [3.63, 3.8) is 0 Å². The first-order valence-electron chi connectivity index (χ1n) is 7.26. The van der Waals surface area contributed by atoms with Crippen LogP contribution in [0.3, 0.4) is 0 Å². The number of aliphatic hydroxyl groups excluding tert-OH is 1. The zero-order valence-corrected chi connectivity index (χ0v) is 13.4. The van der Waals surface area contributed by atoms with Crippen LogP contribution in [0.25, 0.3) is 0 Å². The summed E-state index contributed by atoms with van der Waals surface area (Å²) in [5.74, 6) is 0.278. The number of aromatic nitrogens is 3. The first kappa shape index (κ1) is 18.2. The fraction of sp³-hybridized carbons (Fsp3) is 0.467. The average molecular weight is 344 g/mol. The standard InChI is InChI=1S/C15H19F3N4O2/c1-21(8-12-7-19-20-22(12)2)9-13(23)10-24-14-5-3-11(4-6-14)15(16,17)18/h3-7,13,23H,8-10H2,1-2H3. The van der Waals surface area contributed by atoms with Gasteiger partial charge >= 0.3 is 6.18 Å². The molecule has 1 heterocycles. The summed E-state index contributed by atoms with van der Waals surface area (Å²) in [6, 6.07) is 4.37. The number of ether oxygens (including phenoxy) is 1. The highest BCUT2D eigenvalue weighted by molar-refractivity contribution is 5.28. The number of hydrogen-bond donors (Lipinski definition) is 1. The Hall–Kier alpha value is -2.13. The van der Waals surface area contributed by atoms with Gasteiger partial charge in [0.15, 0.2) is 0 Å². The SMILES string of the molecule is CN(Cc1cnnn1C)CC(O)COc1ccc(C(F)(F)F)cc1. The van der Waals surface area contributed by atoms with Crippen LogP contribution in [0, 0.1) is 0 Å². The summed E-state index contributed by atoms with van der Waals surface area (Å²) >= 11 is 0. The van der Waals surface area contributed by atoms with E-state index in [2.05, 4.69) is 10.3 Å². The number of hydrogen-bond acceptors (Lipinski definition) is 5. The highest BCUT2D eigenvalue weighted by atomic mass is 19.4. The second kappa shape index (κ2) is 7.63. The minimum absolute atomic E-state index is 0.0145. The molecule has 132 valence electrons. The van der Waals surface area contributed by atoms with Crippen LogP contribution >= 0.6 is 0 Å². The van der Waals surface area contributed by atoms with Crippen molar-refractivity contribution in [3.8, 4) is 5.75 Å². The first-order chi connectivity index (χ1) is 11.3. The van der Waals surface area contributed by atoms with Gasteiger partial charge in [-0.3, -0.25) is 9.58 Å². The fourth-order valence-corrected chi connectivity index (χ4v) is 2.14. The van der Waals surface area contributed by atoms with E-state index in [0.29, 0.717) is 13.1 Å². The van der Waals surface area contributed by atoms with Crippen molar-refractivity contribution in [2.45, 2.75) is 18.8 Å². The predicted molar refractivity (Wildman–Crippen MR) is 80.3 cm³/mol. The molecule has 1 N–H and O–H groups in total. The Morgan fingerprint density at radius 3 is 2.50 bits per heavy atom. The summed E-state index contributed by atoms with van der Waals surface area (Å²) < 4.78 is 44.4. The summed E-state index contributed by atoms with van der Waals surface area (Å²) in [5.41, 5.74) is 0.160. The number of benzene rings is 1. The number of rotatable bonds is 7. The molecule has 0 radical (unpaired) electrons. The molecule has 2 rings (SSSR count). The Balaban J connectivity index is 1.78. The second-order valence-electron chi connectivity index (χ2n) is 5.53. The lowest BCUT2D eigenvalue weighted by Gasteiger charge is -2.20. The van der Waals surface area contributed by atoms with Gasteiger partial charge in [-0.15, -0.1) is 5.10 Å². The molecule has 0 saturated carbocycles. The van der Waals surface area contributed by atoms with E-state index in [1.807, 2.05) is 11.9 Å². The molecule has 0 saturated heterocycles. The lowest BCUT2D eigenvalue weighted by Crippen LogP contribution is -2.33. The maximum Gasteiger partial charge on any atom is 0.416 e. The van der Waals surface area contributed by atoms with Crippen molar-refractivity contribution < 1.29 is 23.0 Å². The Morgan fingerprint density at radius 1 is 1.29 bits per heavy atom. The van der Waals surface area contributed by atoms with Crippen LogP contribution in [-0.4, -0.2) is 51.3 Å². The van der Waals surface area contributed by atoms with Crippen LogP contribution in [0.2, 0.25) is 0 Å². The van der Waals surface area contributed by atoms with E-state index < -0.39 is 17.8 Å². The molecule has 1 unspecified atom stereocenters. The third-order valence-electron chi connectivity index (χ3n) is 3.39. The number of halogens is 3. The lowest BCUT2D eigenvalue weighted by atomic mass is 10.2. The molecule has 2 aromatic rings. The molecule has 9 heteroatoms. The van der Waals surface area contributed by atoms with Crippen molar-refractivity contribution in [2.24, 2.45) is 7.05 Å². The van der Waals surface area contributed by atoms with Crippen molar-refractivity contribution in [3.05, 3.63) is 41.7 Å². The van der Waals surface area contributed by atoms with E-state index in [9.17, 15) is 18.3 Å². The van der Waals surface area contributed by atoms with Crippen molar-refractivity contribution in [2.75, 3.05) is 20.2 Å². The third kappa shape index (κ3) is 5.20. The average Bonchev–Trinajstić information content (AvgIpc) is 2.90. The molecule has 0 aliphatic carbocycles. The Kier molecular flexibility index (Phi) is 5.79. The quantitative estimate of drug-likeness (QED) is 0.828. The highest BCUT2D eigenvalue weighted by Gasteiger charge is 2.30. The van der Waals surface area contributed by atoms with Gasteiger partial charge < -0.3 is 9.84 Å². The topological polar surface area (TPSA) is 63.4 Å². The van der Waals surface area contributed by atoms with Gasteiger partial charge in [0.25, 0.3) is 0 Å². The van der Waals surface area contributed by atoms with Gasteiger partial charge in [-0.1, -0.05) is 5.21 Å². The van der Waals surface area contributed by atoms with Gasteiger partial charge in [0.2, 0.25) is 0 Å². The maximum absolute atomic E-state index is 12.5. The molecule has 6 nitrogen and oxygen atoms in total. The van der Waals surface area contributed by atoms with Gasteiger partial charge in [0.05, 0.1) is 17.5 Å². The minimum atomic E-state index is -4.37.